The number of rotatable bonds is 3. The Balaban J connectivity index is 2.39. The van der Waals surface area contributed by atoms with Gasteiger partial charge < -0.3 is 15.5 Å². The van der Waals surface area contributed by atoms with Crippen LogP contribution in [0.3, 0.4) is 0 Å². The van der Waals surface area contributed by atoms with Gasteiger partial charge >= 0.3 is 12.4 Å². The normalized spacial score (nSPS) is 12.1. The quantitative estimate of drug-likeness (QED) is 0.556. The molecule has 0 saturated heterocycles. The molecule has 0 fully saturated rings. The Bertz CT molecular complexity index is 797. The number of aromatic hydroxyl groups is 2. The number of hydrogen-bond donors (Lipinski definition) is 3. The number of carbonyl (C=O) groups excluding carboxylic acids is 1. The molecule has 0 aliphatic heterocycles. The van der Waals surface area contributed by atoms with Gasteiger partial charge in [0, 0.05) is 6.54 Å². The third-order valence-electron chi connectivity index (χ3n) is 3.40. The van der Waals surface area contributed by atoms with Gasteiger partial charge in [0.05, 0.1) is 16.7 Å². The molecule has 2 aromatic carbocycles. The van der Waals surface area contributed by atoms with E-state index in [-0.39, 0.29) is 5.56 Å². The van der Waals surface area contributed by atoms with Gasteiger partial charge in [-0.15, -0.1) is 0 Å². The molecule has 2 rings (SSSR count). The van der Waals surface area contributed by atoms with Gasteiger partial charge in [0.15, 0.2) is 11.5 Å². The number of phenolic OH excluding ortho intramolecular Hbond substituents is 2. The Hall–Kier alpha value is -2.91. The predicted molar refractivity (Wildman–Crippen MR) is 77.4 cm³/mol. The van der Waals surface area contributed by atoms with Crippen molar-refractivity contribution in [2.45, 2.75) is 18.9 Å². The summed E-state index contributed by atoms with van der Waals surface area (Å²) in [6, 6.07) is 4.64. The summed E-state index contributed by atoms with van der Waals surface area (Å²) in [5, 5.41) is 20.4. The van der Waals surface area contributed by atoms with E-state index in [1.54, 1.807) is 0 Å². The molecule has 0 radical (unpaired) electrons. The van der Waals surface area contributed by atoms with Gasteiger partial charge in [-0.1, -0.05) is 12.1 Å². The van der Waals surface area contributed by atoms with Crippen molar-refractivity contribution in [3.8, 4) is 11.5 Å². The fraction of sp³-hybridized carbons (Fsp3) is 0.188. The first kappa shape index (κ1) is 19.4. The monoisotopic (exact) mass is 379 g/mol. The fourth-order valence-corrected chi connectivity index (χ4v) is 2.22. The number of amides is 1. The van der Waals surface area contributed by atoms with Crippen molar-refractivity contribution in [2.75, 3.05) is 0 Å². The van der Waals surface area contributed by atoms with E-state index in [0.29, 0.717) is 18.2 Å². The van der Waals surface area contributed by atoms with Crippen LogP contribution in [0.5, 0.6) is 11.5 Å². The average molecular weight is 379 g/mol. The smallest absolute Gasteiger partial charge is 0.417 e. The van der Waals surface area contributed by atoms with Crippen LogP contribution in [-0.4, -0.2) is 16.1 Å². The van der Waals surface area contributed by atoms with E-state index in [2.05, 4.69) is 0 Å². The largest absolute Gasteiger partial charge is 0.504 e. The van der Waals surface area contributed by atoms with E-state index in [9.17, 15) is 36.2 Å². The molecule has 0 aliphatic carbocycles. The second-order valence-electron chi connectivity index (χ2n) is 5.23. The first-order valence-corrected chi connectivity index (χ1v) is 6.97. The number of benzene rings is 2. The van der Waals surface area contributed by atoms with Crippen molar-refractivity contribution in [2.24, 2.45) is 0 Å². The van der Waals surface area contributed by atoms with Crippen LogP contribution in [-0.2, 0) is 18.9 Å². The minimum absolute atomic E-state index is 0.159. The molecule has 4 nitrogen and oxygen atoms in total. The van der Waals surface area contributed by atoms with Crippen LogP contribution in [0.1, 0.15) is 27.0 Å². The lowest BCUT2D eigenvalue weighted by Crippen LogP contribution is -2.29. The maximum atomic E-state index is 13.0. The fourth-order valence-electron chi connectivity index (χ4n) is 2.22. The Kier molecular flexibility index (Phi) is 5.06. The van der Waals surface area contributed by atoms with Crippen LogP contribution in [0, 0.1) is 0 Å². The highest BCUT2D eigenvalue weighted by Gasteiger charge is 2.42. The molecule has 0 aliphatic rings. The lowest BCUT2D eigenvalue weighted by molar-refractivity contribution is -0.143. The minimum atomic E-state index is -5.16. The SMILES string of the molecule is O=C(NCc1ccc(O)c(O)c1)c1c(C(F)(F)F)cccc1C(F)(F)F. The van der Waals surface area contributed by atoms with Crippen molar-refractivity contribution in [3.05, 3.63) is 58.7 Å². The lowest BCUT2D eigenvalue weighted by Gasteiger charge is -2.18. The number of halogens is 6. The molecule has 0 atom stereocenters. The summed E-state index contributed by atoms with van der Waals surface area (Å²) in [4.78, 5) is 12.1. The number of hydrogen-bond acceptors (Lipinski definition) is 3. The molecule has 0 heterocycles. The molecule has 2 aromatic rings. The van der Waals surface area contributed by atoms with E-state index < -0.39 is 53.0 Å². The van der Waals surface area contributed by atoms with Crippen LogP contribution in [0.4, 0.5) is 26.3 Å². The average Bonchev–Trinajstić information content (AvgIpc) is 2.53. The summed E-state index contributed by atoms with van der Waals surface area (Å²) in [7, 11) is 0. The molecule has 3 N–H and O–H groups in total. The summed E-state index contributed by atoms with van der Waals surface area (Å²) in [5.74, 6) is -2.59. The molecule has 0 saturated carbocycles. The van der Waals surface area contributed by atoms with Gasteiger partial charge in [-0.2, -0.15) is 26.3 Å². The maximum Gasteiger partial charge on any atom is 0.417 e. The lowest BCUT2D eigenvalue weighted by atomic mass is 9.99. The maximum absolute atomic E-state index is 13.0. The zero-order valence-electron chi connectivity index (χ0n) is 12.7. The predicted octanol–water partition coefficient (Wildman–Crippen LogP) is 4.07. The third kappa shape index (κ3) is 4.19. The second kappa shape index (κ2) is 6.77. The summed E-state index contributed by atoms with van der Waals surface area (Å²) in [6.07, 6.45) is -10.3. The zero-order chi connectivity index (χ0) is 19.7. The number of carbonyl (C=O) groups is 1. The van der Waals surface area contributed by atoms with Gasteiger partial charge in [-0.3, -0.25) is 4.79 Å². The van der Waals surface area contributed by atoms with Crippen molar-refractivity contribution in [1.29, 1.82) is 0 Å². The summed E-state index contributed by atoms with van der Waals surface area (Å²) < 4.78 is 78.2. The van der Waals surface area contributed by atoms with Crippen molar-refractivity contribution in [3.63, 3.8) is 0 Å². The van der Waals surface area contributed by atoms with Gasteiger partial charge in [0.25, 0.3) is 5.91 Å². The van der Waals surface area contributed by atoms with Crippen LogP contribution in [0.2, 0.25) is 0 Å². The van der Waals surface area contributed by atoms with Gasteiger partial charge in [0.2, 0.25) is 0 Å². The number of phenols is 2. The van der Waals surface area contributed by atoms with Crippen LogP contribution in [0.25, 0.3) is 0 Å². The molecule has 140 valence electrons. The molecule has 0 spiro atoms. The van der Waals surface area contributed by atoms with Crippen molar-refractivity contribution in [1.82, 2.24) is 5.32 Å². The third-order valence-corrected chi connectivity index (χ3v) is 3.40. The second-order valence-corrected chi connectivity index (χ2v) is 5.23. The van der Waals surface area contributed by atoms with Crippen molar-refractivity contribution < 1.29 is 41.4 Å². The number of alkyl halides is 6. The van der Waals surface area contributed by atoms with E-state index in [1.807, 2.05) is 5.32 Å². The molecular formula is C16H11F6NO3. The van der Waals surface area contributed by atoms with Gasteiger partial charge in [-0.25, -0.2) is 0 Å². The van der Waals surface area contributed by atoms with Gasteiger partial charge in [-0.05, 0) is 29.8 Å². The molecule has 0 unspecified atom stereocenters. The summed E-state index contributed by atoms with van der Waals surface area (Å²) in [5.41, 5.74) is -4.79. The highest BCUT2D eigenvalue weighted by Crippen LogP contribution is 2.39. The first-order valence-electron chi connectivity index (χ1n) is 6.97. The summed E-state index contributed by atoms with van der Waals surface area (Å²) >= 11 is 0. The van der Waals surface area contributed by atoms with Gasteiger partial charge in [0.1, 0.15) is 0 Å². The van der Waals surface area contributed by atoms with E-state index >= 15 is 0 Å². The molecule has 26 heavy (non-hydrogen) atoms. The van der Waals surface area contributed by atoms with E-state index in [4.69, 9.17) is 5.11 Å². The highest BCUT2D eigenvalue weighted by molar-refractivity contribution is 5.97. The van der Waals surface area contributed by atoms with Crippen molar-refractivity contribution >= 4 is 5.91 Å². The van der Waals surface area contributed by atoms with E-state index in [0.717, 1.165) is 12.1 Å². The Morgan fingerprint density at radius 3 is 1.88 bits per heavy atom. The van der Waals surface area contributed by atoms with E-state index in [1.165, 1.54) is 6.07 Å². The highest BCUT2D eigenvalue weighted by atomic mass is 19.4. The summed E-state index contributed by atoms with van der Waals surface area (Å²) in [6.45, 7) is -0.462. The minimum Gasteiger partial charge on any atom is -0.504 e. The molecule has 10 heteroatoms. The zero-order valence-corrected chi connectivity index (χ0v) is 12.7. The molecular weight excluding hydrogens is 368 g/mol. The Morgan fingerprint density at radius 1 is 0.885 bits per heavy atom. The standard InChI is InChI=1S/C16H11F6NO3/c17-15(18,19)9-2-1-3-10(16(20,21)22)13(9)14(26)23-7-8-4-5-11(24)12(25)6-8/h1-6,24-25H,7H2,(H,23,26). The molecule has 1 amide bonds. The van der Waals surface area contributed by atoms with Crippen LogP contribution >= 0.6 is 0 Å². The topological polar surface area (TPSA) is 69.6 Å². The van der Waals surface area contributed by atoms with Crippen LogP contribution < -0.4 is 5.32 Å². The Morgan fingerprint density at radius 2 is 1.42 bits per heavy atom. The van der Waals surface area contributed by atoms with Crippen LogP contribution in [0.15, 0.2) is 36.4 Å². The Labute approximate surface area is 142 Å². The number of nitrogens with one attached hydrogen (secondary N) is 1. The molecule has 0 bridgehead atoms. The first-order chi connectivity index (χ1) is 11.9. The molecule has 0 aromatic heterocycles.